The van der Waals surface area contributed by atoms with Crippen LogP contribution in [-0.4, -0.2) is 46.5 Å². The third kappa shape index (κ3) is 7.11. The van der Waals surface area contributed by atoms with Crippen molar-refractivity contribution < 1.29 is 24.2 Å². The summed E-state index contributed by atoms with van der Waals surface area (Å²) < 4.78 is 10.1. The molecule has 0 bridgehead atoms. The second-order valence-corrected chi connectivity index (χ2v) is 5.84. The van der Waals surface area contributed by atoms with Gasteiger partial charge in [-0.15, -0.1) is 0 Å². The molecule has 0 aromatic heterocycles. The van der Waals surface area contributed by atoms with E-state index in [0.29, 0.717) is 0 Å². The van der Waals surface area contributed by atoms with Gasteiger partial charge in [0.25, 0.3) is 0 Å². The molecule has 2 amide bonds. The zero-order valence-electron chi connectivity index (χ0n) is 11.9. The highest BCUT2D eigenvalue weighted by Gasteiger charge is 2.30. The number of amides is 2. The zero-order chi connectivity index (χ0) is 14.6. The van der Waals surface area contributed by atoms with E-state index in [2.05, 4.69) is 0 Å². The van der Waals surface area contributed by atoms with E-state index in [9.17, 15) is 9.59 Å². The van der Waals surface area contributed by atoms with Crippen molar-refractivity contribution in [2.75, 3.05) is 13.2 Å². The molecule has 0 aliphatic carbocycles. The molecule has 106 valence electrons. The van der Waals surface area contributed by atoms with E-state index in [-0.39, 0.29) is 13.2 Å². The minimum absolute atomic E-state index is 0.163. The van der Waals surface area contributed by atoms with Crippen LogP contribution in [0.15, 0.2) is 0 Å². The number of carbonyl (C=O) groups is 2. The number of hydrogen-bond donors (Lipinski definition) is 1. The van der Waals surface area contributed by atoms with E-state index in [1.807, 2.05) is 0 Å². The lowest BCUT2D eigenvalue weighted by Gasteiger charge is -2.28. The van der Waals surface area contributed by atoms with Gasteiger partial charge < -0.3 is 14.6 Å². The zero-order valence-corrected chi connectivity index (χ0v) is 11.9. The lowest BCUT2D eigenvalue weighted by molar-refractivity contribution is -0.00134. The molecular weight excluding hydrogens is 238 g/mol. The van der Waals surface area contributed by atoms with Crippen molar-refractivity contribution in [2.45, 2.75) is 52.7 Å². The number of aliphatic hydroxyl groups excluding tert-OH is 1. The van der Waals surface area contributed by atoms with Crippen molar-refractivity contribution in [1.29, 1.82) is 0 Å². The van der Waals surface area contributed by atoms with Gasteiger partial charge in [0, 0.05) is 0 Å². The minimum Gasteiger partial charge on any atom is -0.443 e. The van der Waals surface area contributed by atoms with Crippen molar-refractivity contribution >= 4 is 12.2 Å². The number of rotatable bonds is 2. The van der Waals surface area contributed by atoms with Gasteiger partial charge in [-0.05, 0) is 41.5 Å². The molecular formula is C12H23NO5. The Balaban J connectivity index is 4.75. The predicted octanol–water partition coefficient (Wildman–Crippen LogP) is 2.15. The number of ether oxygens (including phenoxy) is 2. The van der Waals surface area contributed by atoms with Crippen LogP contribution in [0, 0.1) is 0 Å². The quantitative estimate of drug-likeness (QED) is 0.824. The number of carbonyl (C=O) groups excluding carboxylic acids is 2. The number of imide groups is 1. The molecule has 0 saturated carbocycles. The van der Waals surface area contributed by atoms with Crippen LogP contribution >= 0.6 is 0 Å². The van der Waals surface area contributed by atoms with E-state index >= 15 is 0 Å². The Morgan fingerprint density at radius 2 is 1.28 bits per heavy atom. The van der Waals surface area contributed by atoms with E-state index in [1.54, 1.807) is 41.5 Å². The molecule has 0 atom stereocenters. The van der Waals surface area contributed by atoms with Crippen molar-refractivity contribution in [3.63, 3.8) is 0 Å². The molecule has 18 heavy (non-hydrogen) atoms. The van der Waals surface area contributed by atoms with Gasteiger partial charge in [-0.3, -0.25) is 0 Å². The smallest absolute Gasteiger partial charge is 0.419 e. The van der Waals surface area contributed by atoms with E-state index in [1.165, 1.54) is 0 Å². The van der Waals surface area contributed by atoms with Gasteiger partial charge in [0.15, 0.2) is 0 Å². The molecule has 0 fully saturated rings. The molecule has 0 unspecified atom stereocenters. The highest BCUT2D eigenvalue weighted by Crippen LogP contribution is 2.14. The Morgan fingerprint density at radius 3 is 1.50 bits per heavy atom. The predicted molar refractivity (Wildman–Crippen MR) is 66.3 cm³/mol. The van der Waals surface area contributed by atoms with Crippen molar-refractivity contribution in [3.05, 3.63) is 0 Å². The van der Waals surface area contributed by atoms with Gasteiger partial charge in [-0.2, -0.15) is 0 Å². The number of aliphatic hydroxyl groups is 1. The fourth-order valence-corrected chi connectivity index (χ4v) is 0.991. The van der Waals surface area contributed by atoms with Crippen molar-refractivity contribution in [1.82, 2.24) is 4.90 Å². The summed E-state index contributed by atoms with van der Waals surface area (Å²) in [7, 11) is 0. The summed E-state index contributed by atoms with van der Waals surface area (Å²) >= 11 is 0. The van der Waals surface area contributed by atoms with Gasteiger partial charge in [0.1, 0.15) is 11.2 Å². The fourth-order valence-electron chi connectivity index (χ4n) is 0.991. The normalized spacial score (nSPS) is 11.9. The summed E-state index contributed by atoms with van der Waals surface area (Å²) in [5.74, 6) is 0. The van der Waals surface area contributed by atoms with Crippen LogP contribution in [0.25, 0.3) is 0 Å². The molecule has 0 radical (unpaired) electrons. The van der Waals surface area contributed by atoms with E-state index < -0.39 is 23.4 Å². The Morgan fingerprint density at radius 1 is 0.944 bits per heavy atom. The highest BCUT2D eigenvalue weighted by molar-refractivity contribution is 5.88. The molecule has 0 spiro atoms. The summed E-state index contributed by atoms with van der Waals surface area (Å²) in [6, 6.07) is 0. The summed E-state index contributed by atoms with van der Waals surface area (Å²) in [5, 5.41) is 8.87. The molecule has 0 saturated heterocycles. The summed E-state index contributed by atoms with van der Waals surface area (Å²) in [6.45, 7) is 9.64. The Bertz CT molecular complexity index is 273. The van der Waals surface area contributed by atoms with Gasteiger partial charge >= 0.3 is 12.2 Å². The topological polar surface area (TPSA) is 76.1 Å². The van der Waals surface area contributed by atoms with Crippen LogP contribution in [0.2, 0.25) is 0 Å². The Labute approximate surface area is 108 Å². The second kappa shape index (κ2) is 6.04. The molecule has 0 aliphatic heterocycles. The maximum absolute atomic E-state index is 11.8. The first kappa shape index (κ1) is 16.7. The maximum Gasteiger partial charge on any atom is 0.419 e. The monoisotopic (exact) mass is 261 g/mol. The maximum atomic E-state index is 11.8. The van der Waals surface area contributed by atoms with Crippen LogP contribution in [0.4, 0.5) is 9.59 Å². The average Bonchev–Trinajstić information content (AvgIpc) is 2.07. The summed E-state index contributed by atoms with van der Waals surface area (Å²) in [6.07, 6.45) is -1.66. The SMILES string of the molecule is CC(C)(C)OC(=O)N(CCO)C(=O)OC(C)(C)C. The first-order valence-corrected chi connectivity index (χ1v) is 5.80. The third-order valence-corrected chi connectivity index (χ3v) is 1.55. The van der Waals surface area contributed by atoms with Crippen LogP contribution in [0.1, 0.15) is 41.5 Å². The van der Waals surface area contributed by atoms with Gasteiger partial charge in [0.2, 0.25) is 0 Å². The van der Waals surface area contributed by atoms with Gasteiger partial charge in [0.05, 0.1) is 13.2 Å². The second-order valence-electron chi connectivity index (χ2n) is 5.84. The molecule has 0 rings (SSSR count). The van der Waals surface area contributed by atoms with Gasteiger partial charge in [-0.1, -0.05) is 0 Å². The van der Waals surface area contributed by atoms with Crippen LogP contribution in [0.3, 0.4) is 0 Å². The molecule has 0 heterocycles. The summed E-state index contributed by atoms with van der Waals surface area (Å²) in [5.41, 5.74) is -1.43. The lowest BCUT2D eigenvalue weighted by atomic mass is 10.2. The standard InChI is InChI=1S/C12H23NO5/c1-11(2,3)17-9(15)13(7-8-14)10(16)18-12(4,5)6/h14H,7-8H2,1-6H3. The molecule has 0 aromatic rings. The first-order valence-electron chi connectivity index (χ1n) is 5.80. The number of hydrogen-bond acceptors (Lipinski definition) is 5. The van der Waals surface area contributed by atoms with Crippen LogP contribution in [0.5, 0.6) is 0 Å². The first-order chi connectivity index (χ1) is 7.96. The van der Waals surface area contributed by atoms with Crippen molar-refractivity contribution in [3.8, 4) is 0 Å². The van der Waals surface area contributed by atoms with E-state index in [0.717, 1.165) is 4.90 Å². The molecule has 6 nitrogen and oxygen atoms in total. The summed E-state index contributed by atoms with van der Waals surface area (Å²) in [4.78, 5) is 24.3. The Hall–Kier alpha value is -1.30. The molecule has 0 aromatic carbocycles. The van der Waals surface area contributed by atoms with E-state index in [4.69, 9.17) is 14.6 Å². The van der Waals surface area contributed by atoms with Crippen LogP contribution in [-0.2, 0) is 9.47 Å². The molecule has 6 heteroatoms. The van der Waals surface area contributed by atoms with Gasteiger partial charge in [-0.25, -0.2) is 14.5 Å². The van der Waals surface area contributed by atoms with Crippen LogP contribution < -0.4 is 0 Å². The molecule has 1 N–H and O–H groups in total. The number of nitrogens with zero attached hydrogens (tertiary/aromatic N) is 1. The molecule has 0 aliphatic rings. The minimum atomic E-state index is -0.828. The third-order valence-electron chi connectivity index (χ3n) is 1.55. The largest absolute Gasteiger partial charge is 0.443 e. The average molecular weight is 261 g/mol. The lowest BCUT2D eigenvalue weighted by Crippen LogP contribution is -2.44. The highest BCUT2D eigenvalue weighted by atomic mass is 16.6. The van der Waals surface area contributed by atoms with Crippen molar-refractivity contribution in [2.24, 2.45) is 0 Å². The fraction of sp³-hybridized carbons (Fsp3) is 0.833. The Kier molecular flexibility index (Phi) is 5.60.